The topological polar surface area (TPSA) is 83.7 Å². The molecule has 1 aliphatic rings. The van der Waals surface area contributed by atoms with Crippen LogP contribution in [-0.2, 0) is 11.3 Å². The fourth-order valence-electron chi connectivity index (χ4n) is 3.75. The van der Waals surface area contributed by atoms with Gasteiger partial charge in [0.1, 0.15) is 28.3 Å². The first-order valence-corrected chi connectivity index (χ1v) is 11.2. The van der Waals surface area contributed by atoms with Crippen LogP contribution in [0, 0.1) is 0 Å². The van der Waals surface area contributed by atoms with E-state index in [9.17, 15) is 5.11 Å². The van der Waals surface area contributed by atoms with Crippen LogP contribution in [0.2, 0.25) is 0 Å². The molecule has 2 N–H and O–H groups in total. The lowest BCUT2D eigenvalue weighted by molar-refractivity contribution is 0.0331. The van der Waals surface area contributed by atoms with Crippen molar-refractivity contribution in [3.8, 4) is 11.1 Å². The van der Waals surface area contributed by atoms with Gasteiger partial charge in [-0.3, -0.25) is 4.90 Å². The number of anilines is 1. The molecule has 4 heterocycles. The molecule has 0 saturated carbocycles. The summed E-state index contributed by atoms with van der Waals surface area (Å²) in [5.41, 5.74) is 2.21. The number of aliphatic hydroxyl groups excluding tert-OH is 1. The number of aliphatic hydroxyl groups is 1. The third-order valence-electron chi connectivity index (χ3n) is 5.37. The molecule has 0 spiro atoms. The molecule has 7 nitrogen and oxygen atoms in total. The molecular weight excluding hydrogens is 412 g/mol. The number of hydrogen-bond donors (Lipinski definition) is 2. The molecule has 1 aliphatic heterocycles. The Morgan fingerprint density at radius 3 is 2.71 bits per heavy atom. The molecule has 4 aromatic rings. The van der Waals surface area contributed by atoms with Crippen molar-refractivity contribution in [3.63, 3.8) is 0 Å². The minimum atomic E-state index is -0.762. The van der Waals surface area contributed by atoms with E-state index in [0.29, 0.717) is 18.8 Å². The Balaban J connectivity index is 1.49. The van der Waals surface area contributed by atoms with Gasteiger partial charge in [-0.15, -0.1) is 11.3 Å². The molecule has 3 aromatic heterocycles. The van der Waals surface area contributed by atoms with Gasteiger partial charge in [0.05, 0.1) is 31.4 Å². The minimum Gasteiger partial charge on any atom is -0.467 e. The van der Waals surface area contributed by atoms with Crippen molar-refractivity contribution in [2.45, 2.75) is 12.6 Å². The minimum absolute atomic E-state index is 0.292. The largest absolute Gasteiger partial charge is 0.467 e. The van der Waals surface area contributed by atoms with E-state index in [1.807, 2.05) is 18.2 Å². The quantitative estimate of drug-likeness (QED) is 0.454. The first-order chi connectivity index (χ1) is 15.3. The molecule has 0 aliphatic carbocycles. The van der Waals surface area contributed by atoms with Crippen molar-refractivity contribution < 1.29 is 14.3 Å². The number of rotatable bonds is 7. The lowest BCUT2D eigenvalue weighted by Crippen LogP contribution is -2.36. The van der Waals surface area contributed by atoms with Crippen molar-refractivity contribution in [2.75, 3.05) is 38.2 Å². The number of fused-ring (bicyclic) bond motifs is 1. The number of thiophene rings is 1. The Hall–Kier alpha value is -2.78. The van der Waals surface area contributed by atoms with Crippen LogP contribution >= 0.6 is 11.3 Å². The van der Waals surface area contributed by atoms with Crippen LogP contribution in [0.5, 0.6) is 0 Å². The normalized spacial score (nSPS) is 15.9. The highest BCUT2D eigenvalue weighted by Gasteiger charge is 2.19. The number of furan rings is 1. The van der Waals surface area contributed by atoms with Gasteiger partial charge in [0, 0.05) is 30.6 Å². The average Bonchev–Trinajstić information content (AvgIpc) is 3.49. The number of morpholine rings is 1. The van der Waals surface area contributed by atoms with E-state index >= 15 is 0 Å². The predicted molar refractivity (Wildman–Crippen MR) is 121 cm³/mol. The Morgan fingerprint density at radius 2 is 1.94 bits per heavy atom. The average molecular weight is 437 g/mol. The number of benzene rings is 1. The van der Waals surface area contributed by atoms with Gasteiger partial charge in [-0.25, -0.2) is 9.97 Å². The lowest BCUT2D eigenvalue weighted by atomic mass is 10.1. The molecule has 1 aromatic carbocycles. The summed E-state index contributed by atoms with van der Waals surface area (Å²) in [6.45, 7) is 4.19. The van der Waals surface area contributed by atoms with Gasteiger partial charge in [0.15, 0.2) is 0 Å². The van der Waals surface area contributed by atoms with Crippen LogP contribution < -0.4 is 5.32 Å². The first kappa shape index (κ1) is 20.1. The van der Waals surface area contributed by atoms with Crippen LogP contribution in [0.1, 0.15) is 17.7 Å². The number of nitrogens with zero attached hydrogens (tertiary/aromatic N) is 3. The van der Waals surface area contributed by atoms with Crippen molar-refractivity contribution in [1.82, 2.24) is 14.9 Å². The first-order valence-electron chi connectivity index (χ1n) is 10.4. The predicted octanol–water partition coefficient (Wildman–Crippen LogP) is 3.93. The number of hydrogen-bond acceptors (Lipinski definition) is 8. The zero-order chi connectivity index (χ0) is 21.0. The van der Waals surface area contributed by atoms with E-state index in [1.165, 1.54) is 0 Å². The smallest absolute Gasteiger partial charge is 0.146 e. The van der Waals surface area contributed by atoms with Gasteiger partial charge < -0.3 is 19.6 Å². The maximum atomic E-state index is 10.5. The maximum Gasteiger partial charge on any atom is 0.146 e. The Labute approximate surface area is 184 Å². The molecule has 1 fully saturated rings. The third-order valence-corrected chi connectivity index (χ3v) is 6.24. The van der Waals surface area contributed by atoms with Crippen molar-refractivity contribution in [1.29, 1.82) is 0 Å². The summed E-state index contributed by atoms with van der Waals surface area (Å²) in [5.74, 6) is 2.03. The van der Waals surface area contributed by atoms with E-state index in [1.54, 1.807) is 29.7 Å². The Morgan fingerprint density at radius 1 is 1.10 bits per heavy atom. The van der Waals surface area contributed by atoms with E-state index in [4.69, 9.17) is 19.1 Å². The molecule has 5 rings (SSSR count). The second-order valence-corrected chi connectivity index (χ2v) is 8.34. The zero-order valence-electron chi connectivity index (χ0n) is 17.0. The van der Waals surface area contributed by atoms with Gasteiger partial charge in [-0.05, 0) is 17.7 Å². The van der Waals surface area contributed by atoms with Gasteiger partial charge in [-0.1, -0.05) is 30.3 Å². The van der Waals surface area contributed by atoms with Gasteiger partial charge in [0.25, 0.3) is 0 Å². The highest BCUT2D eigenvalue weighted by Crippen LogP contribution is 2.37. The summed E-state index contributed by atoms with van der Waals surface area (Å²) in [6, 6.07) is 13.8. The van der Waals surface area contributed by atoms with Crippen LogP contribution in [0.25, 0.3) is 21.3 Å². The van der Waals surface area contributed by atoms with Crippen LogP contribution in [0.3, 0.4) is 0 Å². The lowest BCUT2D eigenvalue weighted by Gasteiger charge is -2.26. The summed E-state index contributed by atoms with van der Waals surface area (Å²) in [4.78, 5) is 13.0. The summed E-state index contributed by atoms with van der Waals surface area (Å²) in [5, 5.41) is 16.9. The summed E-state index contributed by atoms with van der Waals surface area (Å²) in [7, 11) is 0. The van der Waals surface area contributed by atoms with Crippen molar-refractivity contribution in [3.05, 3.63) is 65.7 Å². The molecule has 0 bridgehead atoms. The highest BCUT2D eigenvalue weighted by molar-refractivity contribution is 7.17. The molecule has 8 heteroatoms. The molecule has 1 atom stereocenters. The molecule has 0 radical (unpaired) electrons. The molecule has 1 saturated heterocycles. The molecule has 160 valence electrons. The summed E-state index contributed by atoms with van der Waals surface area (Å²) < 4.78 is 10.8. The van der Waals surface area contributed by atoms with Crippen LogP contribution in [-0.4, -0.2) is 52.8 Å². The maximum absolute atomic E-state index is 10.5. The van der Waals surface area contributed by atoms with Gasteiger partial charge in [-0.2, -0.15) is 0 Å². The van der Waals surface area contributed by atoms with Gasteiger partial charge in [0.2, 0.25) is 0 Å². The molecule has 0 amide bonds. The Kier molecular flexibility index (Phi) is 5.95. The summed E-state index contributed by atoms with van der Waals surface area (Å²) >= 11 is 1.62. The SMILES string of the molecule is O[C@H](CNc1nc(CN2CCOCC2)nc2scc(-c3ccccc3)c12)c1ccco1. The summed E-state index contributed by atoms with van der Waals surface area (Å²) in [6.07, 6.45) is 0.801. The number of ether oxygens (including phenoxy) is 1. The fraction of sp³-hybridized carbons (Fsp3) is 0.304. The van der Waals surface area contributed by atoms with Crippen molar-refractivity contribution in [2.24, 2.45) is 0 Å². The van der Waals surface area contributed by atoms with Crippen LogP contribution in [0.4, 0.5) is 5.82 Å². The highest BCUT2D eigenvalue weighted by atomic mass is 32.1. The van der Waals surface area contributed by atoms with E-state index in [-0.39, 0.29) is 0 Å². The second-order valence-electron chi connectivity index (χ2n) is 7.48. The molecule has 0 unspecified atom stereocenters. The molecule has 31 heavy (non-hydrogen) atoms. The standard InChI is InChI=1S/C23H24N4O3S/c28-18(19-7-4-10-30-19)13-24-22-21-17(16-5-2-1-3-6-16)15-31-23(21)26-20(25-22)14-27-8-11-29-12-9-27/h1-7,10,15,18,28H,8-9,11-14H2,(H,24,25,26)/t18-/m1/s1. The number of nitrogens with one attached hydrogen (secondary N) is 1. The second kappa shape index (κ2) is 9.15. The molecular formula is C23H24N4O3S. The van der Waals surface area contributed by atoms with Gasteiger partial charge >= 0.3 is 0 Å². The van der Waals surface area contributed by atoms with E-state index in [0.717, 1.165) is 59.3 Å². The monoisotopic (exact) mass is 436 g/mol. The third kappa shape index (κ3) is 4.47. The number of aromatic nitrogens is 2. The fourth-order valence-corrected chi connectivity index (χ4v) is 4.71. The zero-order valence-corrected chi connectivity index (χ0v) is 17.8. The van der Waals surface area contributed by atoms with E-state index < -0.39 is 6.10 Å². The Bertz CT molecular complexity index is 1120. The van der Waals surface area contributed by atoms with Crippen molar-refractivity contribution >= 4 is 27.4 Å². The van der Waals surface area contributed by atoms with E-state index in [2.05, 4.69) is 27.7 Å². The van der Waals surface area contributed by atoms with Crippen LogP contribution in [0.15, 0.2) is 58.5 Å².